The Balaban J connectivity index is 2.73. The number of nitrogen functional groups attached to an aromatic ring is 1. The van der Waals surface area contributed by atoms with Gasteiger partial charge in [-0.15, -0.1) is 22.9 Å². The van der Waals surface area contributed by atoms with Crippen LogP contribution in [-0.2, 0) is 5.88 Å². The van der Waals surface area contributed by atoms with Crippen molar-refractivity contribution in [3.8, 4) is 0 Å². The van der Waals surface area contributed by atoms with E-state index in [1.54, 1.807) is 0 Å². The molecule has 2 N–H and O–H groups in total. The summed E-state index contributed by atoms with van der Waals surface area (Å²) in [5.74, 6) is 0.519. The third-order valence-electron chi connectivity index (χ3n) is 1.90. The first-order chi connectivity index (χ1) is 6.22. The zero-order chi connectivity index (χ0) is 9.42. The Kier molecular flexibility index (Phi) is 2.37. The predicted molar refractivity (Wildman–Crippen MR) is 60.8 cm³/mol. The van der Waals surface area contributed by atoms with Crippen molar-refractivity contribution < 1.29 is 0 Å². The fourth-order valence-electron chi connectivity index (χ4n) is 1.21. The highest BCUT2D eigenvalue weighted by atomic mass is 35.5. The van der Waals surface area contributed by atoms with Crippen LogP contribution in [0.5, 0.6) is 0 Å². The minimum absolute atomic E-state index is 0.519. The zero-order valence-electron chi connectivity index (χ0n) is 6.68. The fourth-order valence-corrected chi connectivity index (χ4v) is 2.64. The van der Waals surface area contributed by atoms with Crippen molar-refractivity contribution in [1.82, 2.24) is 0 Å². The van der Waals surface area contributed by atoms with E-state index in [0.29, 0.717) is 15.9 Å². The fraction of sp³-hybridized carbons (Fsp3) is 0.111. The van der Waals surface area contributed by atoms with Crippen molar-refractivity contribution in [3.63, 3.8) is 0 Å². The minimum Gasteiger partial charge on any atom is -0.396 e. The van der Waals surface area contributed by atoms with Crippen molar-refractivity contribution in [2.75, 3.05) is 5.73 Å². The predicted octanol–water partition coefficient (Wildman–Crippen LogP) is 3.88. The monoisotopic (exact) mass is 231 g/mol. The molecule has 0 atom stereocenters. The second kappa shape index (κ2) is 3.37. The van der Waals surface area contributed by atoms with E-state index < -0.39 is 0 Å². The highest BCUT2D eigenvalue weighted by molar-refractivity contribution is 7.23. The molecule has 0 spiro atoms. The SMILES string of the molecule is Nc1c(Cl)sc2cc(CCl)ccc12. The molecule has 13 heavy (non-hydrogen) atoms. The summed E-state index contributed by atoms with van der Waals surface area (Å²) in [7, 11) is 0. The molecule has 2 aromatic rings. The van der Waals surface area contributed by atoms with E-state index in [-0.39, 0.29) is 0 Å². The van der Waals surface area contributed by atoms with Crippen molar-refractivity contribution in [1.29, 1.82) is 0 Å². The van der Waals surface area contributed by atoms with Crippen molar-refractivity contribution in [2.45, 2.75) is 5.88 Å². The molecule has 0 fully saturated rings. The number of hydrogen-bond acceptors (Lipinski definition) is 2. The Morgan fingerprint density at radius 2 is 2.15 bits per heavy atom. The molecule has 1 nitrogen and oxygen atoms in total. The van der Waals surface area contributed by atoms with Gasteiger partial charge < -0.3 is 5.73 Å². The Morgan fingerprint density at radius 3 is 2.85 bits per heavy atom. The summed E-state index contributed by atoms with van der Waals surface area (Å²) in [6.45, 7) is 0. The Labute approximate surface area is 90.1 Å². The smallest absolute Gasteiger partial charge is 0.117 e. The number of thiophene rings is 1. The van der Waals surface area contributed by atoms with E-state index in [2.05, 4.69) is 0 Å². The number of hydrogen-bond donors (Lipinski definition) is 1. The van der Waals surface area contributed by atoms with E-state index in [9.17, 15) is 0 Å². The molecule has 0 aliphatic heterocycles. The lowest BCUT2D eigenvalue weighted by Crippen LogP contribution is -1.82. The normalized spacial score (nSPS) is 10.9. The molecule has 1 aromatic heterocycles. The number of alkyl halides is 1. The quantitative estimate of drug-likeness (QED) is 0.742. The van der Waals surface area contributed by atoms with Gasteiger partial charge in [-0.3, -0.25) is 0 Å². The van der Waals surface area contributed by atoms with Crippen LogP contribution < -0.4 is 5.73 Å². The molecule has 0 radical (unpaired) electrons. The van der Waals surface area contributed by atoms with Gasteiger partial charge in [-0.05, 0) is 11.6 Å². The van der Waals surface area contributed by atoms with Gasteiger partial charge in [0.1, 0.15) is 4.34 Å². The number of fused-ring (bicyclic) bond motifs is 1. The van der Waals surface area contributed by atoms with Gasteiger partial charge in [0, 0.05) is 16.0 Å². The van der Waals surface area contributed by atoms with Gasteiger partial charge in [0.25, 0.3) is 0 Å². The first kappa shape index (κ1) is 9.13. The third-order valence-corrected chi connectivity index (χ3v) is 3.60. The average molecular weight is 232 g/mol. The zero-order valence-corrected chi connectivity index (χ0v) is 9.01. The van der Waals surface area contributed by atoms with Gasteiger partial charge in [-0.1, -0.05) is 23.7 Å². The standard InChI is InChI=1S/C9H7Cl2NS/c10-4-5-1-2-6-7(3-5)13-9(11)8(6)12/h1-3H,4,12H2. The summed E-state index contributed by atoms with van der Waals surface area (Å²) in [6.07, 6.45) is 0. The highest BCUT2D eigenvalue weighted by Crippen LogP contribution is 2.37. The molecule has 0 amide bonds. The van der Waals surface area contributed by atoms with Crippen LogP contribution in [0.15, 0.2) is 18.2 Å². The Bertz CT molecular complexity index is 450. The molecule has 0 aliphatic carbocycles. The molecule has 2 rings (SSSR count). The average Bonchev–Trinajstić information content (AvgIpc) is 2.42. The van der Waals surface area contributed by atoms with Crippen LogP contribution in [0, 0.1) is 0 Å². The van der Waals surface area contributed by atoms with E-state index >= 15 is 0 Å². The molecule has 0 bridgehead atoms. The first-order valence-electron chi connectivity index (χ1n) is 3.74. The summed E-state index contributed by atoms with van der Waals surface area (Å²) in [6, 6.07) is 5.95. The Hall–Kier alpha value is -0.440. The van der Waals surface area contributed by atoms with Crippen molar-refractivity contribution >= 4 is 50.3 Å². The Morgan fingerprint density at radius 1 is 1.38 bits per heavy atom. The summed E-state index contributed by atoms with van der Waals surface area (Å²) >= 11 is 13.1. The number of benzene rings is 1. The summed E-state index contributed by atoms with van der Waals surface area (Å²) < 4.78 is 1.75. The van der Waals surface area contributed by atoms with Crippen LogP contribution in [0.25, 0.3) is 10.1 Å². The van der Waals surface area contributed by atoms with Crippen LogP contribution in [0.2, 0.25) is 4.34 Å². The van der Waals surface area contributed by atoms with Crippen molar-refractivity contribution in [3.05, 3.63) is 28.1 Å². The van der Waals surface area contributed by atoms with Crippen molar-refractivity contribution in [2.24, 2.45) is 0 Å². The first-order valence-corrected chi connectivity index (χ1v) is 5.47. The largest absolute Gasteiger partial charge is 0.396 e. The molecule has 0 saturated carbocycles. The van der Waals surface area contributed by atoms with Gasteiger partial charge in [0.15, 0.2) is 0 Å². The van der Waals surface area contributed by atoms with Gasteiger partial charge >= 0.3 is 0 Å². The third kappa shape index (κ3) is 1.50. The van der Waals surface area contributed by atoms with Crippen LogP contribution in [0.1, 0.15) is 5.56 Å². The molecule has 0 aliphatic rings. The maximum atomic E-state index is 5.91. The minimum atomic E-state index is 0.519. The van der Waals surface area contributed by atoms with Gasteiger partial charge in [0.2, 0.25) is 0 Å². The summed E-state index contributed by atoms with van der Waals surface area (Å²) in [5, 5.41) is 1.02. The number of anilines is 1. The van der Waals surface area contributed by atoms with E-state index in [4.69, 9.17) is 28.9 Å². The van der Waals surface area contributed by atoms with Gasteiger partial charge in [0.05, 0.1) is 5.69 Å². The van der Waals surface area contributed by atoms with Gasteiger partial charge in [-0.25, -0.2) is 0 Å². The molecule has 68 valence electrons. The van der Waals surface area contributed by atoms with Crippen LogP contribution in [-0.4, -0.2) is 0 Å². The second-order valence-electron chi connectivity index (χ2n) is 2.75. The molecule has 4 heteroatoms. The van der Waals surface area contributed by atoms with E-state index in [0.717, 1.165) is 15.6 Å². The molecule has 1 aromatic carbocycles. The second-order valence-corrected chi connectivity index (χ2v) is 4.68. The lowest BCUT2D eigenvalue weighted by molar-refractivity contribution is 1.43. The molecule has 0 saturated heterocycles. The molecular formula is C9H7Cl2NS. The lowest BCUT2D eigenvalue weighted by atomic mass is 10.2. The van der Waals surface area contributed by atoms with Crippen LogP contribution >= 0.6 is 34.5 Å². The summed E-state index contributed by atoms with van der Waals surface area (Å²) in [4.78, 5) is 0. The molecular weight excluding hydrogens is 225 g/mol. The van der Waals surface area contributed by atoms with Crippen LogP contribution in [0.3, 0.4) is 0 Å². The molecule has 0 unspecified atom stereocenters. The lowest BCUT2D eigenvalue weighted by Gasteiger charge is -1.95. The number of halogens is 2. The van der Waals surface area contributed by atoms with Crippen LogP contribution in [0.4, 0.5) is 5.69 Å². The van der Waals surface area contributed by atoms with Gasteiger partial charge in [-0.2, -0.15) is 0 Å². The van der Waals surface area contributed by atoms with E-state index in [1.807, 2.05) is 18.2 Å². The summed E-state index contributed by atoms with van der Waals surface area (Å²) in [5.41, 5.74) is 7.53. The van der Waals surface area contributed by atoms with E-state index in [1.165, 1.54) is 11.3 Å². The highest BCUT2D eigenvalue weighted by Gasteiger charge is 2.06. The number of rotatable bonds is 1. The molecule has 1 heterocycles. The maximum Gasteiger partial charge on any atom is 0.117 e. The maximum absolute atomic E-state index is 5.91. The topological polar surface area (TPSA) is 26.0 Å². The number of nitrogens with two attached hydrogens (primary N) is 1.